The lowest BCUT2D eigenvalue weighted by atomic mass is 10.0. The van der Waals surface area contributed by atoms with E-state index < -0.39 is 0 Å². The van der Waals surface area contributed by atoms with Crippen LogP contribution in [-0.4, -0.2) is 12.3 Å². The number of nitrogen functional groups attached to an aromatic ring is 1. The van der Waals surface area contributed by atoms with E-state index in [1.54, 1.807) is 0 Å². The normalized spacial score (nSPS) is 20.7. The zero-order chi connectivity index (χ0) is 12.8. The highest BCUT2D eigenvalue weighted by atomic mass is 32.1. The van der Waals surface area contributed by atoms with Gasteiger partial charge < -0.3 is 11.1 Å². The molecule has 0 amide bonds. The lowest BCUT2D eigenvalue weighted by molar-refractivity contribution is 0.0972. The van der Waals surface area contributed by atoms with Crippen LogP contribution in [0.1, 0.15) is 48.7 Å². The van der Waals surface area contributed by atoms with Crippen LogP contribution in [0.4, 0.5) is 10.7 Å². The third kappa shape index (κ3) is 2.26. The lowest BCUT2D eigenvalue weighted by Gasteiger charge is -2.12. The molecule has 2 aliphatic carbocycles. The number of carbonyl (C=O) groups excluding carboxylic acids is 1. The maximum absolute atomic E-state index is 12.0. The summed E-state index contributed by atoms with van der Waals surface area (Å²) < 4.78 is 0. The second-order valence-electron chi connectivity index (χ2n) is 5.74. The maximum Gasteiger partial charge on any atom is 0.178 e. The monoisotopic (exact) mass is 264 g/mol. The summed E-state index contributed by atoms with van der Waals surface area (Å²) in [5.74, 6) is 0.506. The van der Waals surface area contributed by atoms with Crippen molar-refractivity contribution >= 4 is 27.8 Å². The van der Waals surface area contributed by atoms with E-state index in [2.05, 4.69) is 12.2 Å². The summed E-state index contributed by atoms with van der Waals surface area (Å²) in [6.45, 7) is 3.26. The molecule has 3 nitrogen and oxygen atoms in total. The van der Waals surface area contributed by atoms with Gasteiger partial charge in [-0.15, -0.1) is 11.3 Å². The lowest BCUT2D eigenvalue weighted by Crippen LogP contribution is -2.13. The van der Waals surface area contributed by atoms with Gasteiger partial charge in [-0.25, -0.2) is 0 Å². The zero-order valence-corrected chi connectivity index (χ0v) is 11.6. The van der Waals surface area contributed by atoms with Crippen LogP contribution >= 0.6 is 11.3 Å². The summed E-state index contributed by atoms with van der Waals surface area (Å²) in [4.78, 5) is 12.8. The minimum absolute atomic E-state index is 0.252. The highest BCUT2D eigenvalue weighted by Gasteiger charge is 2.40. The molecule has 0 aromatic carbocycles. The second-order valence-corrected chi connectivity index (χ2v) is 6.79. The van der Waals surface area contributed by atoms with Crippen LogP contribution in [-0.2, 0) is 0 Å². The Morgan fingerprint density at radius 2 is 2.28 bits per heavy atom. The Bertz CT molecular complexity index is 472. The summed E-state index contributed by atoms with van der Waals surface area (Å²) in [5, 5.41) is 4.51. The van der Waals surface area contributed by atoms with Gasteiger partial charge in [-0.1, -0.05) is 6.92 Å². The molecule has 3 rings (SSSR count). The maximum atomic E-state index is 12.0. The van der Waals surface area contributed by atoms with Gasteiger partial charge in [0, 0.05) is 12.5 Å². The molecule has 98 valence electrons. The summed E-state index contributed by atoms with van der Waals surface area (Å²) in [5.41, 5.74) is 7.11. The third-order valence-corrected chi connectivity index (χ3v) is 5.40. The molecule has 0 bridgehead atoms. The van der Waals surface area contributed by atoms with E-state index in [1.807, 2.05) is 6.07 Å². The fourth-order valence-corrected chi connectivity index (χ4v) is 3.32. The number of carbonyl (C=O) groups is 1. The van der Waals surface area contributed by atoms with Gasteiger partial charge in [-0.2, -0.15) is 0 Å². The minimum Gasteiger partial charge on any atom is -0.397 e. The van der Waals surface area contributed by atoms with Crippen molar-refractivity contribution in [2.24, 2.45) is 11.3 Å². The minimum atomic E-state index is 0.252. The Morgan fingerprint density at radius 1 is 1.56 bits per heavy atom. The van der Waals surface area contributed by atoms with Crippen LogP contribution in [0.25, 0.3) is 0 Å². The number of hydrogen-bond donors (Lipinski definition) is 2. The van der Waals surface area contributed by atoms with Crippen molar-refractivity contribution in [1.29, 1.82) is 0 Å². The van der Waals surface area contributed by atoms with E-state index in [4.69, 9.17) is 5.73 Å². The predicted octanol–water partition coefficient (Wildman–Crippen LogP) is 3.53. The van der Waals surface area contributed by atoms with Crippen molar-refractivity contribution in [3.63, 3.8) is 0 Å². The zero-order valence-electron chi connectivity index (χ0n) is 10.8. The van der Waals surface area contributed by atoms with Crippen LogP contribution in [0.2, 0.25) is 0 Å². The molecule has 0 atom stereocenters. The molecule has 0 spiro atoms. The standard InChI is InChI=1S/C14H20N2OS/c1-2-14(5-6-14)8-16-11-7-10(15)13(18-11)12(17)9-3-4-9/h7,9,16H,2-6,8,15H2,1H3. The second kappa shape index (κ2) is 4.26. The number of ketones is 1. The first kappa shape index (κ1) is 12.0. The van der Waals surface area contributed by atoms with Gasteiger partial charge in [-0.3, -0.25) is 4.79 Å². The van der Waals surface area contributed by atoms with Crippen LogP contribution in [0.15, 0.2) is 6.07 Å². The number of Topliss-reactive ketones (excluding diaryl/α,β-unsaturated/α-hetero) is 1. The number of rotatable bonds is 6. The molecule has 18 heavy (non-hydrogen) atoms. The average Bonchev–Trinajstić information content (AvgIpc) is 3.25. The van der Waals surface area contributed by atoms with Crippen molar-refractivity contribution < 1.29 is 4.79 Å². The Balaban J connectivity index is 1.66. The van der Waals surface area contributed by atoms with E-state index in [-0.39, 0.29) is 11.7 Å². The largest absolute Gasteiger partial charge is 0.397 e. The molecule has 0 unspecified atom stereocenters. The summed E-state index contributed by atoms with van der Waals surface area (Å²) in [7, 11) is 0. The molecule has 2 fully saturated rings. The van der Waals surface area contributed by atoms with Gasteiger partial charge >= 0.3 is 0 Å². The first-order valence-electron chi connectivity index (χ1n) is 6.81. The summed E-state index contributed by atoms with van der Waals surface area (Å²) in [6, 6.07) is 1.92. The summed E-state index contributed by atoms with van der Waals surface area (Å²) in [6.07, 6.45) is 5.96. The molecule has 1 aromatic heterocycles. The third-order valence-electron chi connectivity index (χ3n) is 4.28. The Hall–Kier alpha value is -1.03. The van der Waals surface area contributed by atoms with E-state index in [9.17, 15) is 4.79 Å². The quantitative estimate of drug-likeness (QED) is 0.773. The number of nitrogens with one attached hydrogen (secondary N) is 1. The van der Waals surface area contributed by atoms with Crippen LogP contribution in [0.3, 0.4) is 0 Å². The smallest absolute Gasteiger partial charge is 0.178 e. The molecule has 2 saturated carbocycles. The molecule has 1 heterocycles. The van der Waals surface area contributed by atoms with E-state index in [0.717, 1.165) is 29.3 Å². The van der Waals surface area contributed by atoms with Crippen molar-refractivity contribution in [3.8, 4) is 0 Å². The predicted molar refractivity (Wildman–Crippen MR) is 76.2 cm³/mol. The molecule has 0 saturated heterocycles. The topological polar surface area (TPSA) is 55.1 Å². The Labute approximate surface area is 112 Å². The fourth-order valence-electron chi connectivity index (χ4n) is 2.32. The number of nitrogens with two attached hydrogens (primary N) is 1. The number of thiophene rings is 1. The first-order valence-corrected chi connectivity index (χ1v) is 7.62. The molecule has 3 N–H and O–H groups in total. The Morgan fingerprint density at radius 3 is 2.83 bits per heavy atom. The number of hydrogen-bond acceptors (Lipinski definition) is 4. The van der Waals surface area contributed by atoms with Gasteiger partial charge in [0.2, 0.25) is 0 Å². The van der Waals surface area contributed by atoms with Gasteiger partial charge in [0.15, 0.2) is 5.78 Å². The Kier molecular flexibility index (Phi) is 2.85. The highest BCUT2D eigenvalue weighted by molar-refractivity contribution is 7.18. The molecular weight excluding hydrogens is 244 g/mol. The summed E-state index contributed by atoms with van der Waals surface area (Å²) >= 11 is 1.53. The van der Waals surface area contributed by atoms with Crippen molar-refractivity contribution in [2.75, 3.05) is 17.6 Å². The number of anilines is 2. The molecule has 0 radical (unpaired) electrons. The molecule has 2 aliphatic rings. The molecule has 1 aromatic rings. The van der Waals surface area contributed by atoms with Crippen LogP contribution < -0.4 is 11.1 Å². The van der Waals surface area contributed by atoms with Gasteiger partial charge in [-0.05, 0) is 43.6 Å². The van der Waals surface area contributed by atoms with Gasteiger partial charge in [0.05, 0.1) is 15.6 Å². The van der Waals surface area contributed by atoms with Crippen molar-refractivity contribution in [1.82, 2.24) is 0 Å². The fraction of sp³-hybridized carbons (Fsp3) is 0.643. The highest BCUT2D eigenvalue weighted by Crippen LogP contribution is 2.49. The van der Waals surface area contributed by atoms with Crippen molar-refractivity contribution in [2.45, 2.75) is 39.0 Å². The van der Waals surface area contributed by atoms with Crippen molar-refractivity contribution in [3.05, 3.63) is 10.9 Å². The van der Waals surface area contributed by atoms with E-state index in [1.165, 1.54) is 30.6 Å². The van der Waals surface area contributed by atoms with Gasteiger partial charge in [0.25, 0.3) is 0 Å². The average molecular weight is 264 g/mol. The van der Waals surface area contributed by atoms with E-state index >= 15 is 0 Å². The SMILES string of the molecule is CCC1(CNc2cc(N)c(C(=O)C3CC3)s2)CC1. The van der Waals surface area contributed by atoms with Gasteiger partial charge in [0.1, 0.15) is 0 Å². The molecule has 4 heteroatoms. The molecule has 0 aliphatic heterocycles. The van der Waals surface area contributed by atoms with Crippen LogP contribution in [0, 0.1) is 11.3 Å². The molecular formula is C14H20N2OS. The van der Waals surface area contributed by atoms with E-state index in [0.29, 0.717) is 11.1 Å². The first-order chi connectivity index (χ1) is 8.63. The van der Waals surface area contributed by atoms with Crippen LogP contribution in [0.5, 0.6) is 0 Å².